The standard InChI is InChI=1S/C19H24N4O/c1-19(2,3)17(23-15-6-5-7-16(10-15)24-4)13-22-18-9-8-14(11-20)12-21-18/h5-10,12,17,23H,13H2,1-4H3,(H,21,22). The Balaban J connectivity index is 2.06. The van der Waals surface area contributed by atoms with Gasteiger partial charge in [0, 0.05) is 30.5 Å². The third kappa shape index (κ3) is 4.88. The van der Waals surface area contributed by atoms with Gasteiger partial charge in [-0.15, -0.1) is 0 Å². The van der Waals surface area contributed by atoms with E-state index >= 15 is 0 Å². The number of pyridine rings is 1. The SMILES string of the molecule is COc1cccc(NC(CNc2ccc(C#N)cn2)C(C)(C)C)c1. The summed E-state index contributed by atoms with van der Waals surface area (Å²) in [6.07, 6.45) is 1.57. The van der Waals surface area contributed by atoms with Crippen molar-refractivity contribution in [3.63, 3.8) is 0 Å². The molecule has 2 N–H and O–H groups in total. The molecule has 0 aliphatic heterocycles. The minimum atomic E-state index is 0.0443. The lowest BCUT2D eigenvalue weighted by Crippen LogP contribution is -2.40. The van der Waals surface area contributed by atoms with E-state index in [2.05, 4.69) is 42.5 Å². The van der Waals surface area contributed by atoms with Crippen molar-refractivity contribution in [1.29, 1.82) is 5.26 Å². The van der Waals surface area contributed by atoms with Gasteiger partial charge >= 0.3 is 0 Å². The van der Waals surface area contributed by atoms with Crippen LogP contribution in [-0.4, -0.2) is 24.7 Å². The fraction of sp³-hybridized carbons (Fsp3) is 0.368. The average Bonchev–Trinajstić information content (AvgIpc) is 2.58. The van der Waals surface area contributed by atoms with E-state index in [0.717, 1.165) is 17.3 Å². The summed E-state index contributed by atoms with van der Waals surface area (Å²) in [5.74, 6) is 1.59. The van der Waals surface area contributed by atoms with Gasteiger partial charge in [-0.2, -0.15) is 5.26 Å². The van der Waals surface area contributed by atoms with Crippen molar-refractivity contribution in [2.75, 3.05) is 24.3 Å². The number of aromatic nitrogens is 1. The third-order valence-corrected chi connectivity index (χ3v) is 3.84. The summed E-state index contributed by atoms with van der Waals surface area (Å²) < 4.78 is 5.28. The smallest absolute Gasteiger partial charge is 0.126 e. The van der Waals surface area contributed by atoms with Crippen LogP contribution in [0.25, 0.3) is 0 Å². The molecule has 0 amide bonds. The molecular formula is C19H24N4O. The number of rotatable bonds is 6. The monoisotopic (exact) mass is 324 g/mol. The number of methoxy groups -OCH3 is 1. The normalized spacial score (nSPS) is 12.1. The summed E-state index contributed by atoms with van der Waals surface area (Å²) in [7, 11) is 1.67. The lowest BCUT2D eigenvalue weighted by atomic mass is 9.86. The Kier molecular flexibility index (Phi) is 5.64. The number of nitriles is 1. The van der Waals surface area contributed by atoms with Gasteiger partial charge in [0.05, 0.1) is 12.7 Å². The van der Waals surface area contributed by atoms with E-state index in [1.165, 1.54) is 0 Å². The molecule has 0 bridgehead atoms. The lowest BCUT2D eigenvalue weighted by molar-refractivity contribution is 0.350. The molecule has 2 rings (SSSR count). The fourth-order valence-electron chi connectivity index (χ4n) is 2.26. The van der Waals surface area contributed by atoms with Gasteiger partial charge in [-0.25, -0.2) is 4.98 Å². The summed E-state index contributed by atoms with van der Waals surface area (Å²) in [5, 5.41) is 15.7. The molecule has 5 nitrogen and oxygen atoms in total. The Bertz CT molecular complexity index is 699. The van der Waals surface area contributed by atoms with Crippen molar-refractivity contribution < 1.29 is 4.74 Å². The van der Waals surface area contributed by atoms with E-state index in [1.54, 1.807) is 19.4 Å². The maximum absolute atomic E-state index is 8.83. The highest BCUT2D eigenvalue weighted by Crippen LogP contribution is 2.25. The van der Waals surface area contributed by atoms with Crippen LogP contribution in [0.2, 0.25) is 0 Å². The number of hydrogen-bond donors (Lipinski definition) is 2. The molecule has 1 atom stereocenters. The minimum Gasteiger partial charge on any atom is -0.497 e. The average molecular weight is 324 g/mol. The zero-order valence-corrected chi connectivity index (χ0v) is 14.6. The molecule has 0 fully saturated rings. The van der Waals surface area contributed by atoms with Crippen LogP contribution in [-0.2, 0) is 0 Å². The highest BCUT2D eigenvalue weighted by molar-refractivity contribution is 5.49. The Morgan fingerprint density at radius 2 is 2.04 bits per heavy atom. The number of nitrogens with one attached hydrogen (secondary N) is 2. The van der Waals surface area contributed by atoms with Gasteiger partial charge in [0.2, 0.25) is 0 Å². The largest absolute Gasteiger partial charge is 0.497 e. The van der Waals surface area contributed by atoms with E-state index in [1.807, 2.05) is 30.3 Å². The molecule has 0 radical (unpaired) electrons. The molecule has 0 saturated heterocycles. The van der Waals surface area contributed by atoms with Gasteiger partial charge in [-0.1, -0.05) is 26.8 Å². The predicted molar refractivity (Wildman–Crippen MR) is 97.3 cm³/mol. The van der Waals surface area contributed by atoms with Gasteiger partial charge < -0.3 is 15.4 Å². The van der Waals surface area contributed by atoms with Crippen LogP contribution in [0.5, 0.6) is 5.75 Å². The molecule has 0 saturated carbocycles. The predicted octanol–water partition coefficient (Wildman–Crippen LogP) is 3.90. The first-order valence-electron chi connectivity index (χ1n) is 7.93. The first-order valence-corrected chi connectivity index (χ1v) is 7.93. The Morgan fingerprint density at radius 3 is 2.62 bits per heavy atom. The van der Waals surface area contributed by atoms with E-state index < -0.39 is 0 Å². The Morgan fingerprint density at radius 1 is 1.25 bits per heavy atom. The molecule has 2 aromatic rings. The molecule has 1 aromatic carbocycles. The second-order valence-corrected chi connectivity index (χ2v) is 6.72. The Labute approximate surface area is 143 Å². The zero-order chi connectivity index (χ0) is 17.6. The summed E-state index contributed by atoms with van der Waals surface area (Å²) in [6.45, 7) is 7.29. The van der Waals surface area contributed by atoms with Gasteiger partial charge in [0.25, 0.3) is 0 Å². The summed E-state index contributed by atoms with van der Waals surface area (Å²) in [4.78, 5) is 4.26. The highest BCUT2D eigenvalue weighted by Gasteiger charge is 2.24. The molecule has 5 heteroatoms. The number of hydrogen-bond acceptors (Lipinski definition) is 5. The van der Waals surface area contributed by atoms with Gasteiger partial charge in [-0.3, -0.25) is 0 Å². The van der Waals surface area contributed by atoms with Crippen molar-refractivity contribution in [2.45, 2.75) is 26.8 Å². The number of benzene rings is 1. The van der Waals surface area contributed by atoms with Crippen LogP contribution in [0, 0.1) is 16.7 Å². The third-order valence-electron chi connectivity index (χ3n) is 3.84. The highest BCUT2D eigenvalue weighted by atomic mass is 16.5. The second kappa shape index (κ2) is 7.69. The van der Waals surface area contributed by atoms with Gasteiger partial charge in [0.15, 0.2) is 0 Å². The van der Waals surface area contributed by atoms with Crippen LogP contribution in [0.1, 0.15) is 26.3 Å². The van der Waals surface area contributed by atoms with Gasteiger partial charge in [0.1, 0.15) is 17.6 Å². The maximum atomic E-state index is 8.83. The second-order valence-electron chi connectivity index (χ2n) is 6.72. The topological polar surface area (TPSA) is 70.0 Å². The van der Waals surface area contributed by atoms with Crippen LogP contribution in [0.4, 0.5) is 11.5 Å². The van der Waals surface area contributed by atoms with Crippen LogP contribution < -0.4 is 15.4 Å². The van der Waals surface area contributed by atoms with Crippen LogP contribution >= 0.6 is 0 Å². The Hall–Kier alpha value is -2.74. The summed E-state index contributed by atoms with van der Waals surface area (Å²) >= 11 is 0. The van der Waals surface area contributed by atoms with E-state index in [4.69, 9.17) is 10.00 Å². The first kappa shape index (κ1) is 17.6. The summed E-state index contributed by atoms with van der Waals surface area (Å²) in [5.41, 5.74) is 1.62. The number of nitrogens with zero attached hydrogens (tertiary/aromatic N) is 2. The van der Waals surface area contributed by atoms with Crippen molar-refractivity contribution in [3.05, 3.63) is 48.2 Å². The van der Waals surface area contributed by atoms with Crippen molar-refractivity contribution in [2.24, 2.45) is 5.41 Å². The molecule has 1 aromatic heterocycles. The molecule has 1 unspecified atom stereocenters. The van der Waals surface area contributed by atoms with E-state index in [-0.39, 0.29) is 11.5 Å². The molecule has 0 aliphatic rings. The number of anilines is 2. The van der Waals surface area contributed by atoms with Gasteiger partial charge in [-0.05, 0) is 29.7 Å². The van der Waals surface area contributed by atoms with Crippen LogP contribution in [0.15, 0.2) is 42.6 Å². The van der Waals surface area contributed by atoms with Crippen molar-refractivity contribution in [1.82, 2.24) is 4.98 Å². The lowest BCUT2D eigenvalue weighted by Gasteiger charge is -2.32. The summed E-state index contributed by atoms with van der Waals surface area (Å²) in [6, 6.07) is 13.7. The van der Waals surface area contributed by atoms with Crippen molar-refractivity contribution >= 4 is 11.5 Å². The van der Waals surface area contributed by atoms with Crippen molar-refractivity contribution in [3.8, 4) is 11.8 Å². The minimum absolute atomic E-state index is 0.0443. The zero-order valence-electron chi connectivity index (χ0n) is 14.6. The molecule has 24 heavy (non-hydrogen) atoms. The molecular weight excluding hydrogens is 300 g/mol. The first-order chi connectivity index (χ1) is 11.4. The molecule has 0 spiro atoms. The fourth-order valence-corrected chi connectivity index (χ4v) is 2.26. The van der Waals surface area contributed by atoms with E-state index in [9.17, 15) is 0 Å². The molecule has 126 valence electrons. The van der Waals surface area contributed by atoms with Crippen LogP contribution in [0.3, 0.4) is 0 Å². The molecule has 1 heterocycles. The maximum Gasteiger partial charge on any atom is 0.126 e. The number of ether oxygens (including phenoxy) is 1. The van der Waals surface area contributed by atoms with E-state index in [0.29, 0.717) is 12.1 Å². The molecule has 0 aliphatic carbocycles. The quantitative estimate of drug-likeness (QED) is 0.843.